The van der Waals surface area contributed by atoms with Gasteiger partial charge in [-0.05, 0) is 88.2 Å². The van der Waals surface area contributed by atoms with Crippen LogP contribution in [0.4, 0.5) is 4.39 Å². The van der Waals surface area contributed by atoms with Crippen LogP contribution in [0.25, 0.3) is 11.1 Å². The Labute approximate surface area is 202 Å². The van der Waals surface area contributed by atoms with Crippen LogP contribution in [0.5, 0.6) is 5.75 Å². The molecule has 1 aromatic carbocycles. The Morgan fingerprint density at radius 3 is 2.59 bits per heavy atom. The first-order valence-electron chi connectivity index (χ1n) is 12.9. The van der Waals surface area contributed by atoms with Crippen LogP contribution in [0, 0.1) is 0 Å². The van der Waals surface area contributed by atoms with Crippen LogP contribution < -0.4 is 15.4 Å². The average Bonchev–Trinajstić information content (AvgIpc) is 2.87. The van der Waals surface area contributed by atoms with E-state index in [0.29, 0.717) is 32.0 Å². The number of carbonyl (C=O) groups is 1. The molecule has 1 saturated heterocycles. The molecule has 2 heterocycles. The zero-order chi connectivity index (χ0) is 23.8. The molecule has 0 unspecified atom stereocenters. The van der Waals surface area contributed by atoms with Crippen LogP contribution in [-0.4, -0.2) is 47.5 Å². The molecule has 2 aromatic rings. The number of alkyl halides is 1. The molecule has 7 heteroatoms. The number of unbranched alkanes of at least 4 members (excludes halogenated alkanes) is 1. The Kier molecular flexibility index (Phi) is 8.48. The number of nitrogens with one attached hydrogen (secondary N) is 2. The molecule has 1 saturated carbocycles. The normalized spacial score (nSPS) is 18.4. The number of hydrogen-bond donors (Lipinski definition) is 2. The highest BCUT2D eigenvalue weighted by Gasteiger charge is 2.32. The topological polar surface area (TPSA) is 76.1 Å². The van der Waals surface area contributed by atoms with E-state index in [1.54, 1.807) is 6.07 Å². The third kappa shape index (κ3) is 6.53. The zero-order valence-electron chi connectivity index (χ0n) is 20.2. The van der Waals surface area contributed by atoms with Crippen LogP contribution in [0.15, 0.2) is 30.3 Å². The van der Waals surface area contributed by atoms with Crippen molar-refractivity contribution in [2.24, 2.45) is 0 Å². The molecular weight excluding hydrogens is 431 g/mol. The third-order valence-electron chi connectivity index (χ3n) is 6.96. The fraction of sp³-hybridized carbons (Fsp3) is 0.593. The van der Waals surface area contributed by atoms with Gasteiger partial charge in [-0.2, -0.15) is 5.10 Å². The van der Waals surface area contributed by atoms with Crippen molar-refractivity contribution in [3.05, 3.63) is 41.7 Å². The van der Waals surface area contributed by atoms with Gasteiger partial charge in [-0.25, -0.2) is 4.39 Å². The number of nitrogens with zero attached hydrogens (tertiary/aromatic N) is 2. The fourth-order valence-corrected chi connectivity index (χ4v) is 4.78. The first kappa shape index (κ1) is 24.6. The lowest BCUT2D eigenvalue weighted by Crippen LogP contribution is -2.46. The number of hydrogen-bond acceptors (Lipinski definition) is 5. The van der Waals surface area contributed by atoms with Crippen molar-refractivity contribution in [2.45, 2.75) is 82.9 Å². The molecule has 34 heavy (non-hydrogen) atoms. The second kappa shape index (κ2) is 11.7. The molecule has 1 aliphatic heterocycles. The Morgan fingerprint density at radius 1 is 1.15 bits per heavy atom. The van der Waals surface area contributed by atoms with Gasteiger partial charge in [0.1, 0.15) is 11.4 Å². The highest BCUT2D eigenvalue weighted by Crippen LogP contribution is 2.29. The second-order valence-electron chi connectivity index (χ2n) is 9.68. The predicted octanol–water partition coefficient (Wildman–Crippen LogP) is 5.02. The smallest absolute Gasteiger partial charge is 0.271 e. The molecule has 0 spiro atoms. The van der Waals surface area contributed by atoms with Gasteiger partial charge in [0.25, 0.3) is 5.91 Å². The summed E-state index contributed by atoms with van der Waals surface area (Å²) in [6.07, 6.45) is 9.93. The van der Waals surface area contributed by atoms with Crippen LogP contribution in [0.1, 0.15) is 80.9 Å². The van der Waals surface area contributed by atoms with E-state index in [0.717, 1.165) is 54.7 Å². The molecule has 0 atom stereocenters. The van der Waals surface area contributed by atoms with E-state index in [2.05, 4.69) is 27.8 Å². The van der Waals surface area contributed by atoms with Gasteiger partial charge >= 0.3 is 0 Å². The first-order valence-corrected chi connectivity index (χ1v) is 12.9. The largest absolute Gasteiger partial charge is 0.490 e. The summed E-state index contributed by atoms with van der Waals surface area (Å²) in [5.74, 6) is 0.490. The minimum Gasteiger partial charge on any atom is -0.490 e. The molecule has 4 rings (SSSR count). The van der Waals surface area contributed by atoms with E-state index < -0.39 is 5.67 Å². The monoisotopic (exact) mass is 468 g/mol. The van der Waals surface area contributed by atoms with Crippen molar-refractivity contribution in [1.29, 1.82) is 0 Å². The summed E-state index contributed by atoms with van der Waals surface area (Å²) in [6.45, 7) is 3.39. The van der Waals surface area contributed by atoms with Crippen molar-refractivity contribution in [1.82, 2.24) is 20.8 Å². The van der Waals surface area contributed by atoms with E-state index in [4.69, 9.17) is 4.74 Å². The summed E-state index contributed by atoms with van der Waals surface area (Å²) in [7, 11) is 0. The summed E-state index contributed by atoms with van der Waals surface area (Å²) in [5.41, 5.74) is 1.60. The van der Waals surface area contributed by atoms with Gasteiger partial charge in [-0.15, -0.1) is 5.10 Å². The number of piperidine rings is 1. The van der Waals surface area contributed by atoms with Gasteiger partial charge in [0, 0.05) is 5.56 Å². The van der Waals surface area contributed by atoms with E-state index in [-0.39, 0.29) is 18.1 Å². The summed E-state index contributed by atoms with van der Waals surface area (Å²) >= 11 is 0. The minimum atomic E-state index is -1.37. The number of aryl methyl sites for hydroxylation is 1. The highest BCUT2D eigenvalue weighted by atomic mass is 19.1. The number of aromatic nitrogens is 2. The molecule has 1 aliphatic carbocycles. The lowest BCUT2D eigenvalue weighted by molar-refractivity contribution is 0.0832. The fourth-order valence-electron chi connectivity index (χ4n) is 4.78. The van der Waals surface area contributed by atoms with Gasteiger partial charge in [0.05, 0.1) is 18.3 Å². The maximum atomic E-state index is 14.9. The molecule has 2 aliphatic rings. The molecule has 2 N–H and O–H groups in total. The maximum absolute atomic E-state index is 14.9. The van der Waals surface area contributed by atoms with Gasteiger partial charge in [-0.3, -0.25) is 4.79 Å². The molecule has 184 valence electrons. The SMILES string of the molecule is CCCCc1nnc(C(=O)NCC2(F)CCNCC2)cc1-c1ccc(OC2CCCCC2)cc1. The highest BCUT2D eigenvalue weighted by molar-refractivity contribution is 5.93. The molecule has 0 radical (unpaired) electrons. The minimum absolute atomic E-state index is 0.00465. The standard InChI is InChI=1S/C27H37FN4O2/c1-2-3-9-24-23(20-10-12-22(13-11-20)34-21-7-5-4-6-8-21)18-25(32-31-24)26(33)30-19-27(28)14-16-29-17-15-27/h10-13,18,21,29H,2-9,14-17,19H2,1H3,(H,30,33). The zero-order valence-corrected chi connectivity index (χ0v) is 20.2. The third-order valence-corrected chi connectivity index (χ3v) is 6.96. The summed E-state index contributed by atoms with van der Waals surface area (Å²) in [5, 5.41) is 14.5. The van der Waals surface area contributed by atoms with Crippen molar-refractivity contribution >= 4 is 5.91 Å². The van der Waals surface area contributed by atoms with E-state index in [9.17, 15) is 9.18 Å². The van der Waals surface area contributed by atoms with Crippen LogP contribution in [-0.2, 0) is 6.42 Å². The number of ether oxygens (including phenoxy) is 1. The maximum Gasteiger partial charge on any atom is 0.271 e. The Bertz CT molecular complexity index is 938. The lowest BCUT2D eigenvalue weighted by atomic mass is 9.94. The van der Waals surface area contributed by atoms with Gasteiger partial charge in [0.2, 0.25) is 0 Å². The van der Waals surface area contributed by atoms with Crippen molar-refractivity contribution in [2.75, 3.05) is 19.6 Å². The van der Waals surface area contributed by atoms with Crippen molar-refractivity contribution in [3.63, 3.8) is 0 Å². The van der Waals surface area contributed by atoms with Gasteiger partial charge in [-0.1, -0.05) is 31.9 Å². The number of halogens is 1. The Morgan fingerprint density at radius 2 is 1.88 bits per heavy atom. The summed E-state index contributed by atoms with van der Waals surface area (Å²) < 4.78 is 21.1. The molecule has 1 aromatic heterocycles. The van der Waals surface area contributed by atoms with Crippen LogP contribution in [0.2, 0.25) is 0 Å². The average molecular weight is 469 g/mol. The number of amides is 1. The van der Waals surface area contributed by atoms with Crippen LogP contribution in [0.3, 0.4) is 0 Å². The summed E-state index contributed by atoms with van der Waals surface area (Å²) in [6, 6.07) is 9.84. The Balaban J connectivity index is 1.49. The number of benzene rings is 1. The molecular formula is C27H37FN4O2. The second-order valence-corrected chi connectivity index (χ2v) is 9.68. The predicted molar refractivity (Wildman–Crippen MR) is 132 cm³/mol. The summed E-state index contributed by atoms with van der Waals surface area (Å²) in [4.78, 5) is 12.8. The first-order chi connectivity index (χ1) is 16.6. The van der Waals surface area contributed by atoms with E-state index in [1.165, 1.54) is 19.3 Å². The number of rotatable bonds is 9. The van der Waals surface area contributed by atoms with Gasteiger partial charge < -0.3 is 15.4 Å². The van der Waals surface area contributed by atoms with E-state index >= 15 is 0 Å². The lowest BCUT2D eigenvalue weighted by Gasteiger charge is -2.30. The van der Waals surface area contributed by atoms with Crippen molar-refractivity contribution in [3.8, 4) is 16.9 Å². The molecule has 0 bridgehead atoms. The van der Waals surface area contributed by atoms with Gasteiger partial charge in [0.15, 0.2) is 5.69 Å². The molecule has 6 nitrogen and oxygen atoms in total. The Hall–Kier alpha value is -2.54. The van der Waals surface area contributed by atoms with E-state index in [1.807, 2.05) is 24.3 Å². The van der Waals surface area contributed by atoms with Crippen molar-refractivity contribution < 1.29 is 13.9 Å². The molecule has 1 amide bonds. The van der Waals surface area contributed by atoms with Crippen LogP contribution >= 0.6 is 0 Å². The quantitative estimate of drug-likeness (QED) is 0.541. The molecule has 2 fully saturated rings. The number of carbonyl (C=O) groups excluding carboxylic acids is 1.